The van der Waals surface area contributed by atoms with Crippen LogP contribution in [0.3, 0.4) is 0 Å². The normalized spacial score (nSPS) is 25.7. The molecule has 2 heterocycles. The van der Waals surface area contributed by atoms with E-state index in [0.29, 0.717) is 11.8 Å². The molecule has 17 heavy (non-hydrogen) atoms. The van der Waals surface area contributed by atoms with Crippen molar-refractivity contribution in [2.75, 3.05) is 26.2 Å². The third-order valence-corrected chi connectivity index (χ3v) is 4.14. The van der Waals surface area contributed by atoms with E-state index in [4.69, 9.17) is 0 Å². The summed E-state index contributed by atoms with van der Waals surface area (Å²) < 4.78 is 0. The average Bonchev–Trinajstić information content (AvgIpc) is 2.79. The summed E-state index contributed by atoms with van der Waals surface area (Å²) in [5, 5.41) is 3.35. The van der Waals surface area contributed by atoms with Crippen LogP contribution < -0.4 is 5.32 Å². The zero-order valence-corrected chi connectivity index (χ0v) is 11.6. The SMILES string of the molecule is CCC1CCN(C(=O)CC2CCNCC2)C1.Cl. The van der Waals surface area contributed by atoms with Crippen LogP contribution in [-0.4, -0.2) is 37.0 Å². The van der Waals surface area contributed by atoms with Gasteiger partial charge < -0.3 is 10.2 Å². The number of hydrogen-bond donors (Lipinski definition) is 1. The van der Waals surface area contributed by atoms with Crippen molar-refractivity contribution in [2.45, 2.75) is 39.0 Å². The van der Waals surface area contributed by atoms with E-state index in [2.05, 4.69) is 17.1 Å². The maximum absolute atomic E-state index is 12.1. The first kappa shape index (κ1) is 14.8. The minimum absolute atomic E-state index is 0. The molecule has 100 valence electrons. The van der Waals surface area contributed by atoms with Crippen LogP contribution in [0.1, 0.15) is 39.0 Å². The lowest BCUT2D eigenvalue weighted by Gasteiger charge is -2.24. The summed E-state index contributed by atoms with van der Waals surface area (Å²) in [7, 11) is 0. The van der Waals surface area contributed by atoms with Crippen LogP contribution in [0.4, 0.5) is 0 Å². The summed E-state index contributed by atoms with van der Waals surface area (Å²) in [4.78, 5) is 14.2. The van der Waals surface area contributed by atoms with Gasteiger partial charge in [0.1, 0.15) is 0 Å². The molecule has 2 aliphatic heterocycles. The molecule has 2 fully saturated rings. The molecule has 0 spiro atoms. The van der Waals surface area contributed by atoms with Crippen LogP contribution in [-0.2, 0) is 4.79 Å². The number of hydrogen-bond acceptors (Lipinski definition) is 2. The van der Waals surface area contributed by atoms with Gasteiger partial charge in [0.2, 0.25) is 5.91 Å². The lowest BCUT2D eigenvalue weighted by atomic mass is 9.94. The van der Waals surface area contributed by atoms with Gasteiger partial charge in [0.25, 0.3) is 0 Å². The second kappa shape index (κ2) is 7.22. The number of likely N-dealkylation sites (tertiary alicyclic amines) is 1. The Morgan fingerprint density at radius 1 is 1.24 bits per heavy atom. The fourth-order valence-electron chi connectivity index (χ4n) is 2.85. The van der Waals surface area contributed by atoms with Gasteiger partial charge in [0.15, 0.2) is 0 Å². The Balaban J connectivity index is 0.00000144. The smallest absolute Gasteiger partial charge is 0.222 e. The molecular formula is C13H25ClN2O. The van der Waals surface area contributed by atoms with Crippen molar-refractivity contribution < 1.29 is 4.79 Å². The van der Waals surface area contributed by atoms with Gasteiger partial charge in [0, 0.05) is 19.5 Å². The summed E-state index contributed by atoms with van der Waals surface area (Å²) in [6, 6.07) is 0. The van der Waals surface area contributed by atoms with Gasteiger partial charge in [-0.1, -0.05) is 13.3 Å². The highest BCUT2D eigenvalue weighted by atomic mass is 35.5. The Hall–Kier alpha value is -0.280. The Bertz CT molecular complexity index is 242. The number of nitrogens with one attached hydrogen (secondary N) is 1. The molecule has 1 N–H and O–H groups in total. The number of rotatable bonds is 3. The Morgan fingerprint density at radius 3 is 2.53 bits per heavy atom. The summed E-state index contributed by atoms with van der Waals surface area (Å²) in [6.45, 7) is 6.43. The molecule has 0 aromatic rings. The molecular weight excluding hydrogens is 236 g/mol. The van der Waals surface area contributed by atoms with Gasteiger partial charge in [-0.3, -0.25) is 4.79 Å². The molecule has 2 aliphatic rings. The first-order valence-corrected chi connectivity index (χ1v) is 6.78. The van der Waals surface area contributed by atoms with Crippen LogP contribution >= 0.6 is 12.4 Å². The van der Waals surface area contributed by atoms with E-state index in [1.807, 2.05) is 0 Å². The van der Waals surface area contributed by atoms with Crippen molar-refractivity contribution in [3.05, 3.63) is 0 Å². The Labute approximate surface area is 111 Å². The highest BCUT2D eigenvalue weighted by Gasteiger charge is 2.26. The topological polar surface area (TPSA) is 32.3 Å². The average molecular weight is 261 g/mol. The zero-order chi connectivity index (χ0) is 11.4. The molecule has 4 heteroatoms. The molecule has 1 amide bonds. The molecule has 1 atom stereocenters. The number of carbonyl (C=O) groups is 1. The number of nitrogens with zero attached hydrogens (tertiary/aromatic N) is 1. The van der Waals surface area contributed by atoms with Crippen LogP contribution in [0.5, 0.6) is 0 Å². The summed E-state index contributed by atoms with van der Waals surface area (Å²) in [6.07, 6.45) is 5.58. The van der Waals surface area contributed by atoms with Crippen molar-refractivity contribution in [2.24, 2.45) is 11.8 Å². The van der Waals surface area contributed by atoms with Crippen molar-refractivity contribution in [3.63, 3.8) is 0 Å². The van der Waals surface area contributed by atoms with Gasteiger partial charge >= 0.3 is 0 Å². The third kappa shape index (κ3) is 4.14. The summed E-state index contributed by atoms with van der Waals surface area (Å²) >= 11 is 0. The van der Waals surface area contributed by atoms with Crippen molar-refractivity contribution >= 4 is 18.3 Å². The molecule has 0 aromatic carbocycles. The van der Waals surface area contributed by atoms with E-state index in [1.54, 1.807) is 0 Å². The van der Waals surface area contributed by atoms with Crippen molar-refractivity contribution in [1.29, 1.82) is 0 Å². The predicted octanol–water partition coefficient (Wildman–Crippen LogP) is 2.06. The Kier molecular flexibility index (Phi) is 6.28. The van der Waals surface area contributed by atoms with Crippen molar-refractivity contribution in [3.8, 4) is 0 Å². The predicted molar refractivity (Wildman–Crippen MR) is 72.4 cm³/mol. The largest absolute Gasteiger partial charge is 0.342 e. The monoisotopic (exact) mass is 260 g/mol. The van der Waals surface area contributed by atoms with Gasteiger partial charge in [-0.15, -0.1) is 12.4 Å². The van der Waals surface area contributed by atoms with Crippen LogP contribution in [0, 0.1) is 11.8 Å². The highest BCUT2D eigenvalue weighted by molar-refractivity contribution is 5.85. The quantitative estimate of drug-likeness (QED) is 0.843. The van der Waals surface area contributed by atoms with Gasteiger partial charge in [-0.25, -0.2) is 0 Å². The second-order valence-corrected chi connectivity index (χ2v) is 5.30. The molecule has 3 nitrogen and oxygen atoms in total. The van der Waals surface area contributed by atoms with Crippen LogP contribution in [0.15, 0.2) is 0 Å². The molecule has 2 saturated heterocycles. The fraction of sp³-hybridized carbons (Fsp3) is 0.923. The molecule has 0 bridgehead atoms. The van der Waals surface area contributed by atoms with Gasteiger partial charge in [0.05, 0.1) is 0 Å². The number of amides is 1. The van der Waals surface area contributed by atoms with E-state index in [1.165, 1.54) is 25.7 Å². The molecule has 1 unspecified atom stereocenters. The van der Waals surface area contributed by atoms with Crippen LogP contribution in [0.2, 0.25) is 0 Å². The summed E-state index contributed by atoms with van der Waals surface area (Å²) in [5.74, 6) is 1.80. The molecule has 0 radical (unpaired) electrons. The van der Waals surface area contributed by atoms with Gasteiger partial charge in [-0.2, -0.15) is 0 Å². The van der Waals surface area contributed by atoms with Crippen LogP contribution in [0.25, 0.3) is 0 Å². The minimum Gasteiger partial charge on any atom is -0.342 e. The molecule has 0 aromatic heterocycles. The summed E-state index contributed by atoms with van der Waals surface area (Å²) in [5.41, 5.74) is 0. The highest BCUT2D eigenvalue weighted by Crippen LogP contribution is 2.23. The lowest BCUT2D eigenvalue weighted by molar-refractivity contribution is -0.131. The maximum Gasteiger partial charge on any atom is 0.222 e. The first-order valence-electron chi connectivity index (χ1n) is 6.78. The zero-order valence-electron chi connectivity index (χ0n) is 10.8. The fourth-order valence-corrected chi connectivity index (χ4v) is 2.85. The number of halogens is 1. The van der Waals surface area contributed by atoms with E-state index in [-0.39, 0.29) is 12.4 Å². The van der Waals surface area contributed by atoms with E-state index < -0.39 is 0 Å². The van der Waals surface area contributed by atoms with E-state index in [0.717, 1.165) is 38.5 Å². The standard InChI is InChI=1S/C13H24N2O.ClH/c1-2-11-5-8-15(10-11)13(16)9-12-3-6-14-7-4-12;/h11-12,14H,2-10H2,1H3;1H. The number of carbonyl (C=O) groups excluding carboxylic acids is 1. The molecule has 0 aliphatic carbocycles. The Morgan fingerprint density at radius 2 is 1.94 bits per heavy atom. The third-order valence-electron chi connectivity index (χ3n) is 4.14. The van der Waals surface area contributed by atoms with E-state index >= 15 is 0 Å². The van der Waals surface area contributed by atoms with Gasteiger partial charge in [-0.05, 0) is 44.2 Å². The minimum atomic E-state index is 0. The number of piperidine rings is 1. The molecule has 2 rings (SSSR count). The van der Waals surface area contributed by atoms with E-state index in [9.17, 15) is 4.79 Å². The first-order chi connectivity index (χ1) is 7.79. The molecule has 0 saturated carbocycles. The lowest BCUT2D eigenvalue weighted by Crippen LogP contribution is -2.34. The maximum atomic E-state index is 12.1. The second-order valence-electron chi connectivity index (χ2n) is 5.30. The van der Waals surface area contributed by atoms with Crippen molar-refractivity contribution in [1.82, 2.24) is 10.2 Å².